The molecule has 92 valence electrons. The van der Waals surface area contributed by atoms with Crippen LogP contribution in [-0.2, 0) is 0 Å². The number of benzene rings is 1. The maximum atomic E-state index is 13.6. The number of aromatic carboxylic acids is 1. The summed E-state index contributed by atoms with van der Waals surface area (Å²) in [4.78, 5) is 14.5. The average molecular weight is 270 g/mol. The minimum absolute atomic E-state index is 0.0458. The molecule has 0 aliphatic heterocycles. The fraction of sp³-hybridized carbons (Fsp3) is 0. The van der Waals surface area contributed by atoms with E-state index in [2.05, 4.69) is 4.98 Å². The first-order valence-electron chi connectivity index (χ1n) is 4.85. The lowest BCUT2D eigenvalue weighted by atomic mass is 10.1. The third kappa shape index (κ3) is 2.17. The standard InChI is InChI=1S/C12H6ClF2NO2/c13-7-4-5-9(12(17)18)16-11(7)6-2-1-3-8(14)10(6)15/h1-5H,(H,17,18). The van der Waals surface area contributed by atoms with Crippen LogP contribution in [0.1, 0.15) is 10.5 Å². The van der Waals surface area contributed by atoms with E-state index in [9.17, 15) is 13.6 Å². The maximum absolute atomic E-state index is 13.6. The molecule has 18 heavy (non-hydrogen) atoms. The highest BCUT2D eigenvalue weighted by molar-refractivity contribution is 6.33. The van der Waals surface area contributed by atoms with E-state index in [-0.39, 0.29) is 22.0 Å². The number of hydrogen-bond acceptors (Lipinski definition) is 2. The van der Waals surface area contributed by atoms with Gasteiger partial charge in [0, 0.05) is 5.56 Å². The van der Waals surface area contributed by atoms with Crippen molar-refractivity contribution in [2.45, 2.75) is 0 Å². The van der Waals surface area contributed by atoms with Crippen molar-refractivity contribution in [3.8, 4) is 11.3 Å². The Morgan fingerprint density at radius 1 is 1.22 bits per heavy atom. The smallest absolute Gasteiger partial charge is 0.354 e. The number of nitrogens with zero attached hydrogens (tertiary/aromatic N) is 1. The van der Waals surface area contributed by atoms with E-state index >= 15 is 0 Å². The zero-order valence-corrected chi connectivity index (χ0v) is 9.58. The highest BCUT2D eigenvalue weighted by atomic mass is 35.5. The van der Waals surface area contributed by atoms with Gasteiger partial charge in [0.1, 0.15) is 5.69 Å². The molecule has 0 spiro atoms. The third-order valence-electron chi connectivity index (χ3n) is 2.27. The summed E-state index contributed by atoms with van der Waals surface area (Å²) in [5.41, 5.74) is -0.574. The minimum Gasteiger partial charge on any atom is -0.477 e. The molecule has 0 saturated carbocycles. The Bertz CT molecular complexity index is 631. The van der Waals surface area contributed by atoms with Gasteiger partial charge in [-0.2, -0.15) is 0 Å². The fourth-order valence-electron chi connectivity index (χ4n) is 1.44. The number of carboxylic acid groups (broad SMARTS) is 1. The monoisotopic (exact) mass is 269 g/mol. The summed E-state index contributed by atoms with van der Waals surface area (Å²) in [5.74, 6) is -3.44. The van der Waals surface area contributed by atoms with Crippen molar-refractivity contribution in [3.05, 3.63) is 52.7 Å². The van der Waals surface area contributed by atoms with Crippen molar-refractivity contribution in [2.24, 2.45) is 0 Å². The highest BCUT2D eigenvalue weighted by Gasteiger charge is 2.16. The van der Waals surface area contributed by atoms with Gasteiger partial charge in [-0.05, 0) is 24.3 Å². The fourth-order valence-corrected chi connectivity index (χ4v) is 1.64. The predicted octanol–water partition coefficient (Wildman–Crippen LogP) is 3.38. The molecule has 0 aliphatic carbocycles. The number of pyridine rings is 1. The predicted molar refractivity (Wildman–Crippen MR) is 61.6 cm³/mol. The Morgan fingerprint density at radius 2 is 1.94 bits per heavy atom. The molecule has 0 fully saturated rings. The molecule has 0 radical (unpaired) electrons. The molecule has 0 amide bonds. The van der Waals surface area contributed by atoms with Crippen LogP contribution in [0, 0.1) is 11.6 Å². The van der Waals surface area contributed by atoms with Crippen molar-refractivity contribution in [2.75, 3.05) is 0 Å². The molecule has 0 unspecified atom stereocenters. The molecule has 0 saturated heterocycles. The normalized spacial score (nSPS) is 10.4. The first-order valence-corrected chi connectivity index (χ1v) is 5.22. The molecule has 1 heterocycles. The van der Waals surface area contributed by atoms with Crippen molar-refractivity contribution in [1.29, 1.82) is 0 Å². The number of carboxylic acids is 1. The Morgan fingerprint density at radius 3 is 2.61 bits per heavy atom. The second-order valence-electron chi connectivity index (χ2n) is 3.43. The molecule has 2 aromatic rings. The molecule has 1 aromatic carbocycles. The molecule has 2 rings (SSSR count). The SMILES string of the molecule is O=C(O)c1ccc(Cl)c(-c2cccc(F)c2F)n1. The Hall–Kier alpha value is -2.01. The first-order chi connectivity index (χ1) is 8.50. The topological polar surface area (TPSA) is 50.2 Å². The largest absolute Gasteiger partial charge is 0.477 e. The molecular formula is C12H6ClF2NO2. The molecule has 1 N–H and O–H groups in total. The van der Waals surface area contributed by atoms with E-state index in [0.29, 0.717) is 0 Å². The van der Waals surface area contributed by atoms with E-state index in [4.69, 9.17) is 16.7 Å². The summed E-state index contributed by atoms with van der Waals surface area (Å²) in [6, 6.07) is 5.98. The van der Waals surface area contributed by atoms with Crippen LogP contribution >= 0.6 is 11.6 Å². The van der Waals surface area contributed by atoms with Crippen LogP contribution < -0.4 is 0 Å². The minimum atomic E-state index is -1.27. The average Bonchev–Trinajstić information content (AvgIpc) is 2.33. The van der Waals surface area contributed by atoms with Crippen LogP contribution in [0.4, 0.5) is 8.78 Å². The van der Waals surface area contributed by atoms with Gasteiger partial charge in [0.15, 0.2) is 11.6 Å². The number of carbonyl (C=O) groups is 1. The number of hydrogen-bond donors (Lipinski definition) is 1. The van der Waals surface area contributed by atoms with E-state index in [0.717, 1.165) is 6.07 Å². The molecule has 0 aliphatic rings. The van der Waals surface area contributed by atoms with Crippen LogP contribution in [0.25, 0.3) is 11.3 Å². The number of rotatable bonds is 2. The zero-order valence-electron chi connectivity index (χ0n) is 8.82. The summed E-state index contributed by atoms with van der Waals surface area (Å²) in [5, 5.41) is 8.84. The Kier molecular flexibility index (Phi) is 3.25. The van der Waals surface area contributed by atoms with Crippen molar-refractivity contribution >= 4 is 17.6 Å². The molecule has 3 nitrogen and oxygen atoms in total. The second-order valence-corrected chi connectivity index (χ2v) is 3.84. The van der Waals surface area contributed by atoms with Gasteiger partial charge in [0.25, 0.3) is 0 Å². The maximum Gasteiger partial charge on any atom is 0.354 e. The van der Waals surface area contributed by atoms with E-state index in [1.54, 1.807) is 0 Å². The van der Waals surface area contributed by atoms with E-state index in [1.165, 1.54) is 24.3 Å². The zero-order chi connectivity index (χ0) is 13.3. The summed E-state index contributed by atoms with van der Waals surface area (Å²) in [6.45, 7) is 0. The van der Waals surface area contributed by atoms with Gasteiger partial charge in [-0.25, -0.2) is 18.6 Å². The quantitative estimate of drug-likeness (QED) is 0.909. The van der Waals surface area contributed by atoms with E-state index < -0.39 is 17.6 Å². The van der Waals surface area contributed by atoms with Crippen molar-refractivity contribution < 1.29 is 18.7 Å². The molecule has 0 atom stereocenters. The Balaban J connectivity index is 2.66. The number of aromatic nitrogens is 1. The highest BCUT2D eigenvalue weighted by Crippen LogP contribution is 2.29. The third-order valence-corrected chi connectivity index (χ3v) is 2.58. The van der Waals surface area contributed by atoms with Crippen molar-refractivity contribution in [1.82, 2.24) is 4.98 Å². The first kappa shape index (κ1) is 12.4. The summed E-state index contributed by atoms with van der Waals surface area (Å²) < 4.78 is 26.7. The van der Waals surface area contributed by atoms with Gasteiger partial charge in [-0.3, -0.25) is 0 Å². The van der Waals surface area contributed by atoms with Crippen molar-refractivity contribution in [3.63, 3.8) is 0 Å². The van der Waals surface area contributed by atoms with Crippen LogP contribution in [0.2, 0.25) is 5.02 Å². The lowest BCUT2D eigenvalue weighted by molar-refractivity contribution is 0.0690. The molecule has 1 aromatic heterocycles. The Labute approximate surface area is 106 Å². The van der Waals surface area contributed by atoms with Gasteiger partial charge < -0.3 is 5.11 Å². The lowest BCUT2D eigenvalue weighted by Gasteiger charge is -2.06. The van der Waals surface area contributed by atoms with Gasteiger partial charge in [0.2, 0.25) is 0 Å². The van der Waals surface area contributed by atoms with Gasteiger partial charge in [-0.1, -0.05) is 17.7 Å². The van der Waals surface area contributed by atoms with Gasteiger partial charge >= 0.3 is 5.97 Å². The summed E-state index contributed by atoms with van der Waals surface area (Å²) >= 11 is 5.82. The van der Waals surface area contributed by atoms with Crippen LogP contribution in [0.3, 0.4) is 0 Å². The summed E-state index contributed by atoms with van der Waals surface area (Å²) in [7, 11) is 0. The second kappa shape index (κ2) is 4.70. The van der Waals surface area contributed by atoms with E-state index in [1.807, 2.05) is 0 Å². The van der Waals surface area contributed by atoms with Crippen LogP contribution in [0.5, 0.6) is 0 Å². The van der Waals surface area contributed by atoms with Crippen LogP contribution in [0.15, 0.2) is 30.3 Å². The number of halogens is 3. The van der Waals surface area contributed by atoms with Crippen LogP contribution in [-0.4, -0.2) is 16.1 Å². The van der Waals surface area contributed by atoms with Gasteiger partial charge in [0.05, 0.1) is 10.7 Å². The molecular weight excluding hydrogens is 264 g/mol. The lowest BCUT2D eigenvalue weighted by Crippen LogP contribution is -2.02. The summed E-state index contributed by atoms with van der Waals surface area (Å²) in [6.07, 6.45) is 0. The van der Waals surface area contributed by atoms with Gasteiger partial charge in [-0.15, -0.1) is 0 Å². The molecule has 0 bridgehead atoms. The molecule has 6 heteroatoms.